The van der Waals surface area contributed by atoms with E-state index in [0.717, 1.165) is 16.9 Å². The van der Waals surface area contributed by atoms with E-state index < -0.39 is 0 Å². The van der Waals surface area contributed by atoms with Gasteiger partial charge < -0.3 is 10.5 Å². The molecule has 0 bridgehead atoms. The molecule has 0 fully saturated rings. The number of hydrogen-bond acceptors (Lipinski definition) is 2. The maximum absolute atomic E-state index is 6.09. The summed E-state index contributed by atoms with van der Waals surface area (Å²) >= 11 is 17.0. The molecule has 5 heteroatoms. The zero-order valence-corrected chi connectivity index (χ0v) is 12.9. The molecular formula is C15H13Cl2NOS. The van der Waals surface area contributed by atoms with Gasteiger partial charge in [0.25, 0.3) is 0 Å². The summed E-state index contributed by atoms with van der Waals surface area (Å²) in [6, 6.07) is 13.0. The molecule has 2 aromatic carbocycles. The lowest BCUT2D eigenvalue weighted by Crippen LogP contribution is -2.10. The van der Waals surface area contributed by atoms with Crippen LogP contribution in [0.5, 0.6) is 5.75 Å². The first-order chi connectivity index (χ1) is 9.56. The molecule has 0 saturated heterocycles. The van der Waals surface area contributed by atoms with Crippen molar-refractivity contribution in [2.24, 2.45) is 5.73 Å². The first kappa shape index (κ1) is 15.1. The number of benzene rings is 2. The van der Waals surface area contributed by atoms with Crippen LogP contribution in [-0.2, 0) is 13.0 Å². The lowest BCUT2D eigenvalue weighted by molar-refractivity contribution is 0.306. The Balaban J connectivity index is 2.02. The number of nitrogens with two attached hydrogens (primary N) is 1. The molecule has 0 atom stereocenters. The van der Waals surface area contributed by atoms with E-state index in [1.807, 2.05) is 24.3 Å². The Hall–Kier alpha value is -1.29. The Morgan fingerprint density at radius 3 is 2.20 bits per heavy atom. The average molecular weight is 326 g/mol. The van der Waals surface area contributed by atoms with Gasteiger partial charge in [0.05, 0.1) is 4.99 Å². The minimum atomic E-state index is 0.327. The summed E-state index contributed by atoms with van der Waals surface area (Å²) < 4.78 is 5.68. The van der Waals surface area contributed by atoms with Gasteiger partial charge in [0.1, 0.15) is 12.4 Å². The molecule has 0 spiro atoms. The van der Waals surface area contributed by atoms with Crippen LogP contribution in [0.1, 0.15) is 11.1 Å². The van der Waals surface area contributed by atoms with E-state index >= 15 is 0 Å². The molecule has 104 valence electrons. The summed E-state index contributed by atoms with van der Waals surface area (Å²) in [7, 11) is 0. The number of ether oxygens (including phenoxy) is 1. The van der Waals surface area contributed by atoms with Crippen LogP contribution in [0.25, 0.3) is 0 Å². The number of halogens is 2. The van der Waals surface area contributed by atoms with Crippen LogP contribution in [0.4, 0.5) is 0 Å². The van der Waals surface area contributed by atoms with E-state index in [4.69, 9.17) is 45.9 Å². The number of hydrogen-bond donors (Lipinski definition) is 1. The highest BCUT2D eigenvalue weighted by Crippen LogP contribution is 2.25. The monoisotopic (exact) mass is 325 g/mol. The van der Waals surface area contributed by atoms with E-state index in [1.54, 1.807) is 18.2 Å². The molecule has 0 amide bonds. The molecule has 0 unspecified atom stereocenters. The summed E-state index contributed by atoms with van der Waals surface area (Å²) in [5, 5.41) is 1.20. The van der Waals surface area contributed by atoms with Crippen molar-refractivity contribution in [2.45, 2.75) is 13.0 Å². The summed E-state index contributed by atoms with van der Waals surface area (Å²) in [4.78, 5) is 0.474. The molecule has 0 radical (unpaired) electrons. The average Bonchev–Trinajstić information content (AvgIpc) is 2.39. The maximum Gasteiger partial charge on any atom is 0.119 e. The molecule has 2 nitrogen and oxygen atoms in total. The Morgan fingerprint density at radius 2 is 1.65 bits per heavy atom. The molecule has 20 heavy (non-hydrogen) atoms. The van der Waals surface area contributed by atoms with E-state index in [0.29, 0.717) is 28.1 Å². The van der Waals surface area contributed by atoms with Crippen LogP contribution in [-0.4, -0.2) is 4.99 Å². The normalized spacial score (nSPS) is 10.3. The van der Waals surface area contributed by atoms with Crippen LogP contribution >= 0.6 is 35.4 Å². The second-order valence-electron chi connectivity index (χ2n) is 4.28. The summed E-state index contributed by atoms with van der Waals surface area (Å²) in [5.74, 6) is 0.743. The maximum atomic E-state index is 6.09. The zero-order chi connectivity index (χ0) is 14.5. The van der Waals surface area contributed by atoms with Gasteiger partial charge in [-0.15, -0.1) is 0 Å². The van der Waals surface area contributed by atoms with Crippen LogP contribution in [0.3, 0.4) is 0 Å². The van der Waals surface area contributed by atoms with Gasteiger partial charge in [-0.25, -0.2) is 0 Å². The highest BCUT2D eigenvalue weighted by molar-refractivity contribution is 7.80. The summed E-state index contributed by atoms with van der Waals surface area (Å²) in [6.45, 7) is 0.327. The Morgan fingerprint density at radius 1 is 1.05 bits per heavy atom. The Bertz CT molecular complexity index is 594. The third-order valence-electron chi connectivity index (χ3n) is 2.75. The Labute approximate surface area is 133 Å². The molecule has 2 aromatic rings. The van der Waals surface area contributed by atoms with Gasteiger partial charge in [0, 0.05) is 22.0 Å². The number of rotatable bonds is 5. The summed E-state index contributed by atoms with van der Waals surface area (Å²) in [6.07, 6.45) is 0.589. The quantitative estimate of drug-likeness (QED) is 0.827. The van der Waals surface area contributed by atoms with Crippen molar-refractivity contribution in [3.8, 4) is 5.75 Å². The van der Waals surface area contributed by atoms with Crippen LogP contribution in [0.15, 0.2) is 42.5 Å². The molecule has 0 aliphatic heterocycles. The van der Waals surface area contributed by atoms with Crippen molar-refractivity contribution in [1.82, 2.24) is 0 Å². The van der Waals surface area contributed by atoms with Gasteiger partial charge in [-0.1, -0.05) is 53.6 Å². The van der Waals surface area contributed by atoms with Crippen molar-refractivity contribution in [3.05, 3.63) is 63.6 Å². The molecule has 2 N–H and O–H groups in total. The fourth-order valence-corrected chi connectivity index (χ4v) is 2.40. The SMILES string of the molecule is NC(=S)Cc1ccc(OCc2c(Cl)cccc2Cl)cc1. The van der Waals surface area contributed by atoms with Crippen LogP contribution in [0, 0.1) is 0 Å². The Kier molecular flexibility index (Phi) is 5.24. The first-order valence-corrected chi connectivity index (χ1v) is 7.15. The van der Waals surface area contributed by atoms with Crippen molar-refractivity contribution in [3.63, 3.8) is 0 Å². The van der Waals surface area contributed by atoms with Gasteiger partial charge in [0.15, 0.2) is 0 Å². The molecule has 0 heterocycles. The first-order valence-electron chi connectivity index (χ1n) is 5.99. The fourth-order valence-electron chi connectivity index (χ4n) is 1.73. The molecule has 2 rings (SSSR count). The van der Waals surface area contributed by atoms with Crippen molar-refractivity contribution in [2.75, 3.05) is 0 Å². The fraction of sp³-hybridized carbons (Fsp3) is 0.133. The van der Waals surface area contributed by atoms with Gasteiger partial charge in [-0.05, 0) is 29.8 Å². The lowest BCUT2D eigenvalue weighted by Gasteiger charge is -2.10. The zero-order valence-electron chi connectivity index (χ0n) is 10.6. The van der Waals surface area contributed by atoms with Gasteiger partial charge >= 0.3 is 0 Å². The van der Waals surface area contributed by atoms with Gasteiger partial charge in [-0.2, -0.15) is 0 Å². The lowest BCUT2D eigenvalue weighted by atomic mass is 10.1. The second-order valence-corrected chi connectivity index (χ2v) is 5.61. The van der Waals surface area contributed by atoms with Crippen LogP contribution in [0.2, 0.25) is 10.0 Å². The van der Waals surface area contributed by atoms with E-state index in [1.165, 1.54) is 0 Å². The van der Waals surface area contributed by atoms with Gasteiger partial charge in [0.2, 0.25) is 0 Å². The molecule has 0 aliphatic carbocycles. The van der Waals surface area contributed by atoms with E-state index in [9.17, 15) is 0 Å². The predicted octanol–water partition coefficient (Wildman–Crippen LogP) is 4.40. The minimum Gasteiger partial charge on any atom is -0.489 e. The third kappa shape index (κ3) is 4.10. The van der Waals surface area contributed by atoms with E-state index in [-0.39, 0.29) is 0 Å². The highest BCUT2D eigenvalue weighted by atomic mass is 35.5. The van der Waals surface area contributed by atoms with E-state index in [2.05, 4.69) is 0 Å². The third-order valence-corrected chi connectivity index (χ3v) is 3.60. The molecule has 0 aromatic heterocycles. The summed E-state index contributed by atoms with van der Waals surface area (Å²) in [5.41, 5.74) is 7.34. The predicted molar refractivity (Wildman–Crippen MR) is 87.7 cm³/mol. The van der Waals surface area contributed by atoms with Gasteiger partial charge in [-0.3, -0.25) is 0 Å². The molecular weight excluding hydrogens is 313 g/mol. The largest absolute Gasteiger partial charge is 0.489 e. The molecule has 0 saturated carbocycles. The number of thiocarbonyl (C=S) groups is 1. The highest BCUT2D eigenvalue weighted by Gasteiger charge is 2.06. The smallest absolute Gasteiger partial charge is 0.119 e. The van der Waals surface area contributed by atoms with Crippen molar-refractivity contribution >= 4 is 40.4 Å². The topological polar surface area (TPSA) is 35.2 Å². The van der Waals surface area contributed by atoms with Crippen molar-refractivity contribution in [1.29, 1.82) is 0 Å². The standard InChI is InChI=1S/C15H13Cl2NOS/c16-13-2-1-3-14(17)12(13)9-19-11-6-4-10(5-7-11)8-15(18)20/h1-7H,8-9H2,(H2,18,20). The molecule has 0 aliphatic rings. The second kappa shape index (κ2) is 6.93. The minimum absolute atomic E-state index is 0.327. The van der Waals surface area contributed by atoms with Crippen LogP contribution < -0.4 is 10.5 Å². The van der Waals surface area contributed by atoms with Crippen molar-refractivity contribution < 1.29 is 4.74 Å².